The number of halogens is 1. The summed E-state index contributed by atoms with van der Waals surface area (Å²) in [6.45, 7) is 6.25. The van der Waals surface area contributed by atoms with Crippen LogP contribution in [0.5, 0.6) is 5.75 Å². The van der Waals surface area contributed by atoms with Crippen LogP contribution in [-0.2, 0) is 0 Å². The first kappa shape index (κ1) is 24.9. The molecule has 0 saturated heterocycles. The minimum atomic E-state index is -0.365. The monoisotopic (exact) mass is 551 g/mol. The number of aromatic nitrogens is 1. The molecule has 6 nitrogen and oxygen atoms in total. The number of methoxy groups -OCH3 is 1. The van der Waals surface area contributed by atoms with Crippen molar-refractivity contribution in [1.82, 2.24) is 10.3 Å². The first-order valence-corrected chi connectivity index (χ1v) is 12.5. The number of hydrogen-bond donors (Lipinski definition) is 2. The Labute approximate surface area is 218 Å². The second kappa shape index (κ2) is 10.6. The zero-order chi connectivity index (χ0) is 25.1. The molecule has 8 heteroatoms. The van der Waals surface area contributed by atoms with Crippen LogP contribution < -0.4 is 15.4 Å². The van der Waals surface area contributed by atoms with Gasteiger partial charge in [-0.25, -0.2) is 4.98 Å². The minimum absolute atomic E-state index is 0.169. The van der Waals surface area contributed by atoms with Gasteiger partial charge in [0.15, 0.2) is 10.7 Å². The molecule has 4 aromatic rings. The summed E-state index contributed by atoms with van der Waals surface area (Å²) in [6.07, 6.45) is 1.06. The van der Waals surface area contributed by atoms with E-state index in [0.29, 0.717) is 28.8 Å². The molecule has 0 aliphatic rings. The Balaban J connectivity index is 1.51. The third kappa shape index (κ3) is 5.55. The molecule has 0 spiro atoms. The molecular formula is C27H26BrN3O3S. The van der Waals surface area contributed by atoms with Gasteiger partial charge in [-0.15, -0.1) is 0 Å². The van der Waals surface area contributed by atoms with Crippen molar-refractivity contribution in [3.05, 3.63) is 75.8 Å². The second-order valence-electron chi connectivity index (χ2n) is 8.35. The van der Waals surface area contributed by atoms with E-state index in [2.05, 4.69) is 57.5 Å². The standard InChI is InChI=1S/C27H26BrN3O3S/c1-5-15(2)17-9-10-23-22(13-17)30-26(34-23)18-7-6-8-20(12-18)29-27(35)31-25(32)21-14-19(28)11-16(3)24(21)33-4/h6-15H,5H2,1-4H3,(H2,29,31,32,35). The van der Waals surface area contributed by atoms with Crippen LogP contribution in [0.1, 0.15) is 47.7 Å². The van der Waals surface area contributed by atoms with Crippen molar-refractivity contribution in [1.29, 1.82) is 0 Å². The molecule has 1 aromatic heterocycles. The number of aryl methyl sites for hydroxylation is 1. The van der Waals surface area contributed by atoms with Crippen molar-refractivity contribution < 1.29 is 13.9 Å². The summed E-state index contributed by atoms with van der Waals surface area (Å²) in [4.78, 5) is 17.5. The van der Waals surface area contributed by atoms with Crippen LogP contribution in [0.15, 0.2) is 63.5 Å². The van der Waals surface area contributed by atoms with E-state index in [1.165, 1.54) is 12.7 Å². The van der Waals surface area contributed by atoms with Gasteiger partial charge in [-0.2, -0.15) is 0 Å². The van der Waals surface area contributed by atoms with Gasteiger partial charge >= 0.3 is 0 Å². The highest BCUT2D eigenvalue weighted by Crippen LogP contribution is 2.30. The number of nitrogens with one attached hydrogen (secondary N) is 2. The number of oxazole rings is 1. The number of thiocarbonyl (C=S) groups is 1. The number of amides is 1. The first-order valence-electron chi connectivity index (χ1n) is 11.3. The number of nitrogens with zero attached hydrogens (tertiary/aromatic N) is 1. The maximum atomic E-state index is 12.8. The summed E-state index contributed by atoms with van der Waals surface area (Å²) in [5.74, 6) is 1.12. The Morgan fingerprint density at radius 2 is 2.00 bits per heavy atom. The molecule has 0 fully saturated rings. The van der Waals surface area contributed by atoms with Gasteiger partial charge in [0.05, 0.1) is 12.7 Å². The lowest BCUT2D eigenvalue weighted by atomic mass is 9.98. The predicted molar refractivity (Wildman–Crippen MR) is 147 cm³/mol. The zero-order valence-corrected chi connectivity index (χ0v) is 22.3. The fourth-order valence-corrected chi connectivity index (χ4v) is 4.63. The summed E-state index contributed by atoms with van der Waals surface area (Å²) < 4.78 is 12.2. The van der Waals surface area contributed by atoms with Crippen molar-refractivity contribution >= 4 is 56.0 Å². The second-order valence-corrected chi connectivity index (χ2v) is 9.67. The van der Waals surface area contributed by atoms with Crippen LogP contribution in [0.3, 0.4) is 0 Å². The van der Waals surface area contributed by atoms with Crippen LogP contribution in [-0.4, -0.2) is 23.1 Å². The molecule has 1 atom stereocenters. The molecule has 180 valence electrons. The molecule has 1 heterocycles. The Hall–Kier alpha value is -3.23. The Kier molecular flexibility index (Phi) is 7.52. The fourth-order valence-electron chi connectivity index (χ4n) is 3.84. The summed E-state index contributed by atoms with van der Waals surface area (Å²) >= 11 is 8.81. The molecule has 0 saturated carbocycles. The molecular weight excluding hydrogens is 526 g/mol. The number of benzene rings is 3. The zero-order valence-electron chi connectivity index (χ0n) is 19.9. The van der Waals surface area contributed by atoms with E-state index in [4.69, 9.17) is 21.4 Å². The average molecular weight is 552 g/mol. The van der Waals surface area contributed by atoms with Crippen LogP contribution in [0.2, 0.25) is 0 Å². The molecule has 1 unspecified atom stereocenters. The number of fused-ring (bicyclic) bond motifs is 1. The van der Waals surface area contributed by atoms with Gasteiger partial charge < -0.3 is 14.5 Å². The van der Waals surface area contributed by atoms with Gasteiger partial charge in [0, 0.05) is 15.7 Å². The molecule has 35 heavy (non-hydrogen) atoms. The SMILES string of the molecule is CCC(C)c1ccc2oc(-c3cccc(NC(=S)NC(=O)c4cc(Br)cc(C)c4OC)c3)nc2c1. The molecule has 2 N–H and O–H groups in total. The van der Waals surface area contributed by atoms with Gasteiger partial charge in [-0.3, -0.25) is 10.1 Å². The quantitative estimate of drug-likeness (QED) is 0.246. The van der Waals surface area contributed by atoms with E-state index < -0.39 is 0 Å². The van der Waals surface area contributed by atoms with Gasteiger partial charge in [-0.05, 0) is 85.1 Å². The van der Waals surface area contributed by atoms with E-state index >= 15 is 0 Å². The van der Waals surface area contributed by atoms with Gasteiger partial charge in [0.25, 0.3) is 5.91 Å². The number of rotatable bonds is 6. The molecule has 0 bridgehead atoms. The van der Waals surface area contributed by atoms with Gasteiger partial charge in [-0.1, -0.05) is 41.9 Å². The third-order valence-electron chi connectivity index (χ3n) is 5.88. The fraction of sp³-hybridized carbons (Fsp3) is 0.222. The molecule has 1 amide bonds. The van der Waals surface area contributed by atoms with Crippen LogP contribution in [0.25, 0.3) is 22.6 Å². The highest BCUT2D eigenvalue weighted by atomic mass is 79.9. The largest absolute Gasteiger partial charge is 0.496 e. The Bertz CT molecular complexity index is 1420. The van der Waals surface area contributed by atoms with Crippen molar-refractivity contribution in [3.8, 4) is 17.2 Å². The first-order chi connectivity index (χ1) is 16.8. The van der Waals surface area contributed by atoms with E-state index in [1.54, 1.807) is 6.07 Å². The number of hydrogen-bond acceptors (Lipinski definition) is 5. The average Bonchev–Trinajstić information content (AvgIpc) is 3.26. The van der Waals surface area contributed by atoms with Gasteiger partial charge in [0.2, 0.25) is 5.89 Å². The number of carbonyl (C=O) groups is 1. The number of anilines is 1. The molecule has 4 rings (SSSR count). The van der Waals surface area contributed by atoms with E-state index in [-0.39, 0.29) is 11.0 Å². The lowest BCUT2D eigenvalue weighted by Gasteiger charge is -2.14. The Morgan fingerprint density at radius 3 is 2.74 bits per heavy atom. The summed E-state index contributed by atoms with van der Waals surface area (Å²) in [7, 11) is 1.53. The topological polar surface area (TPSA) is 76.4 Å². The highest BCUT2D eigenvalue weighted by molar-refractivity contribution is 9.10. The summed E-state index contributed by atoms with van der Waals surface area (Å²) in [6, 6.07) is 17.3. The maximum Gasteiger partial charge on any atom is 0.261 e. The molecule has 0 aliphatic carbocycles. The van der Waals surface area contributed by atoms with Crippen molar-refractivity contribution in [2.45, 2.75) is 33.1 Å². The van der Waals surface area contributed by atoms with E-state index in [0.717, 1.165) is 33.1 Å². The van der Waals surface area contributed by atoms with Crippen molar-refractivity contribution in [2.24, 2.45) is 0 Å². The maximum absolute atomic E-state index is 12.8. The smallest absolute Gasteiger partial charge is 0.261 e. The van der Waals surface area contributed by atoms with E-state index in [9.17, 15) is 4.79 Å². The third-order valence-corrected chi connectivity index (χ3v) is 6.54. The van der Waals surface area contributed by atoms with Crippen molar-refractivity contribution in [2.75, 3.05) is 12.4 Å². The lowest BCUT2D eigenvalue weighted by Crippen LogP contribution is -2.34. The van der Waals surface area contributed by atoms with E-state index in [1.807, 2.05) is 43.3 Å². The summed E-state index contributed by atoms with van der Waals surface area (Å²) in [5.41, 5.74) is 5.55. The summed E-state index contributed by atoms with van der Waals surface area (Å²) in [5, 5.41) is 5.95. The normalized spacial score (nSPS) is 11.8. The lowest BCUT2D eigenvalue weighted by molar-refractivity contribution is 0.0974. The van der Waals surface area contributed by atoms with Crippen LogP contribution in [0.4, 0.5) is 5.69 Å². The van der Waals surface area contributed by atoms with Crippen LogP contribution in [0, 0.1) is 6.92 Å². The minimum Gasteiger partial charge on any atom is -0.496 e. The molecule has 0 aliphatic heterocycles. The molecule has 3 aromatic carbocycles. The number of carbonyl (C=O) groups excluding carboxylic acids is 1. The predicted octanol–water partition coefficient (Wildman–Crippen LogP) is 7.21. The van der Waals surface area contributed by atoms with Gasteiger partial charge in [0.1, 0.15) is 11.3 Å². The highest BCUT2D eigenvalue weighted by Gasteiger charge is 2.17. The van der Waals surface area contributed by atoms with Crippen molar-refractivity contribution in [3.63, 3.8) is 0 Å². The van der Waals surface area contributed by atoms with Crippen LogP contribution >= 0.6 is 28.1 Å². The Morgan fingerprint density at radius 1 is 1.20 bits per heavy atom. The number of ether oxygens (including phenoxy) is 1. The molecule has 0 radical (unpaired) electrons.